The zero-order valence-electron chi connectivity index (χ0n) is 9.00. The molecule has 0 saturated carbocycles. The second-order valence-corrected chi connectivity index (χ2v) is 3.14. The number of benzene rings is 1. The fraction of sp³-hybridized carbons (Fsp3) is 0.231. The average molecular weight is 188 g/mol. The lowest BCUT2D eigenvalue weighted by Crippen LogP contribution is -2.24. The van der Waals surface area contributed by atoms with Crippen molar-refractivity contribution in [3.05, 3.63) is 40.8 Å². The second-order valence-electron chi connectivity index (χ2n) is 3.14. The van der Waals surface area contributed by atoms with Crippen LogP contribution in [0, 0.1) is 6.92 Å². The summed E-state index contributed by atoms with van der Waals surface area (Å²) in [6, 6.07) is 4.15. The molecule has 0 amide bonds. The van der Waals surface area contributed by atoms with Gasteiger partial charge in [-0.1, -0.05) is 24.8 Å². The first-order valence-corrected chi connectivity index (χ1v) is 4.66. The van der Waals surface area contributed by atoms with E-state index in [9.17, 15) is 0 Å². The molecule has 0 aliphatic carbocycles. The Morgan fingerprint density at radius 3 is 2.50 bits per heavy atom. The highest BCUT2D eigenvalue weighted by atomic mass is 16.5. The van der Waals surface area contributed by atoms with Gasteiger partial charge in [0.05, 0.1) is 7.11 Å². The van der Waals surface area contributed by atoms with Crippen molar-refractivity contribution >= 4 is 12.2 Å². The molecular formula is C13H16O. The molecule has 1 heteroatoms. The van der Waals surface area contributed by atoms with Crippen molar-refractivity contribution in [2.24, 2.45) is 0 Å². The Kier molecular flexibility index (Phi) is 3.52. The number of hydrogen-bond donors (Lipinski definition) is 0. The molecule has 0 bridgehead atoms. The molecule has 0 radical (unpaired) electrons. The second kappa shape index (κ2) is 4.66. The highest BCUT2D eigenvalue weighted by molar-refractivity contribution is 5.44. The van der Waals surface area contributed by atoms with Gasteiger partial charge in [0.15, 0.2) is 0 Å². The number of hydrogen-bond acceptors (Lipinski definition) is 1. The molecule has 0 aliphatic rings. The minimum absolute atomic E-state index is 0.930. The van der Waals surface area contributed by atoms with Gasteiger partial charge in [-0.2, -0.15) is 0 Å². The molecule has 0 saturated heterocycles. The first-order chi connectivity index (χ1) is 6.72. The fourth-order valence-electron chi connectivity index (χ4n) is 1.47. The van der Waals surface area contributed by atoms with E-state index in [1.807, 2.05) is 26.0 Å². The van der Waals surface area contributed by atoms with Crippen LogP contribution in [0.4, 0.5) is 0 Å². The van der Waals surface area contributed by atoms with Crippen molar-refractivity contribution in [3.8, 4) is 5.75 Å². The maximum Gasteiger partial charge on any atom is 0.122 e. The van der Waals surface area contributed by atoms with Crippen LogP contribution in [0.1, 0.15) is 12.5 Å². The summed E-state index contributed by atoms with van der Waals surface area (Å²) in [5, 5.41) is 2.35. The summed E-state index contributed by atoms with van der Waals surface area (Å²) in [6.45, 7) is 7.76. The van der Waals surface area contributed by atoms with Crippen LogP contribution in [0.25, 0.3) is 12.2 Å². The molecule has 74 valence electrons. The van der Waals surface area contributed by atoms with E-state index in [-0.39, 0.29) is 0 Å². The summed E-state index contributed by atoms with van der Waals surface area (Å²) in [7, 11) is 1.69. The molecule has 0 atom stereocenters. The third kappa shape index (κ3) is 2.05. The van der Waals surface area contributed by atoms with Crippen LogP contribution in [-0.2, 0) is 0 Å². The third-order valence-corrected chi connectivity index (χ3v) is 2.21. The number of aryl methyl sites for hydroxylation is 1. The van der Waals surface area contributed by atoms with Gasteiger partial charge in [-0.25, -0.2) is 0 Å². The monoisotopic (exact) mass is 188 g/mol. The van der Waals surface area contributed by atoms with Crippen molar-refractivity contribution in [2.45, 2.75) is 13.8 Å². The van der Waals surface area contributed by atoms with E-state index in [1.165, 1.54) is 10.4 Å². The molecule has 1 aromatic rings. The van der Waals surface area contributed by atoms with Crippen LogP contribution in [-0.4, -0.2) is 7.11 Å². The van der Waals surface area contributed by atoms with E-state index in [0.717, 1.165) is 11.3 Å². The highest BCUT2D eigenvalue weighted by Crippen LogP contribution is 2.10. The van der Waals surface area contributed by atoms with E-state index in [0.29, 0.717) is 0 Å². The molecule has 1 rings (SSSR count). The summed E-state index contributed by atoms with van der Waals surface area (Å²) in [6.07, 6.45) is 5.87. The average Bonchev–Trinajstić information content (AvgIpc) is 2.19. The molecule has 1 nitrogen and oxygen atoms in total. The zero-order valence-corrected chi connectivity index (χ0v) is 9.00. The summed E-state index contributed by atoms with van der Waals surface area (Å²) in [5.41, 5.74) is 1.14. The van der Waals surface area contributed by atoms with Gasteiger partial charge in [-0.3, -0.25) is 0 Å². The first-order valence-electron chi connectivity index (χ1n) is 4.66. The standard InChI is InChI=1S/C13H16O/c1-5-7-12-8-10(3)13(14-4)9-11(12)6-2/h5-9H,1H2,2-4H3/b11-6-,12-7-. The normalized spacial score (nSPS) is 13.1. The Balaban J connectivity index is 3.56. The number of rotatable bonds is 2. The number of allylic oxidation sites excluding steroid dienone is 1. The Morgan fingerprint density at radius 1 is 1.29 bits per heavy atom. The van der Waals surface area contributed by atoms with Gasteiger partial charge in [-0.05, 0) is 42.0 Å². The Bertz CT molecular complexity index is 441. The summed E-state index contributed by atoms with van der Waals surface area (Å²) in [5.74, 6) is 0.930. The van der Waals surface area contributed by atoms with Crippen LogP contribution in [0.15, 0.2) is 24.8 Å². The van der Waals surface area contributed by atoms with Gasteiger partial charge >= 0.3 is 0 Å². The van der Waals surface area contributed by atoms with Crippen molar-refractivity contribution in [3.63, 3.8) is 0 Å². The van der Waals surface area contributed by atoms with Crippen molar-refractivity contribution in [2.75, 3.05) is 7.11 Å². The summed E-state index contributed by atoms with van der Waals surface area (Å²) < 4.78 is 5.26. The molecule has 0 spiro atoms. The van der Waals surface area contributed by atoms with E-state index in [2.05, 4.69) is 18.7 Å². The van der Waals surface area contributed by atoms with Crippen LogP contribution in [0.5, 0.6) is 5.75 Å². The smallest absolute Gasteiger partial charge is 0.122 e. The molecule has 0 unspecified atom stereocenters. The maximum absolute atomic E-state index is 5.26. The zero-order chi connectivity index (χ0) is 10.6. The molecule has 14 heavy (non-hydrogen) atoms. The summed E-state index contributed by atoms with van der Waals surface area (Å²) >= 11 is 0. The SMILES string of the molecule is C=C/C=c1/cc(C)c(OC)c/c1=C/C. The van der Waals surface area contributed by atoms with Gasteiger partial charge < -0.3 is 4.74 Å². The van der Waals surface area contributed by atoms with Gasteiger partial charge in [0.25, 0.3) is 0 Å². The molecule has 0 fully saturated rings. The molecular weight excluding hydrogens is 172 g/mol. The third-order valence-electron chi connectivity index (χ3n) is 2.21. The number of ether oxygens (including phenoxy) is 1. The van der Waals surface area contributed by atoms with Gasteiger partial charge in [0.1, 0.15) is 5.75 Å². The van der Waals surface area contributed by atoms with Gasteiger partial charge in [-0.15, -0.1) is 0 Å². The van der Waals surface area contributed by atoms with Gasteiger partial charge in [0.2, 0.25) is 0 Å². The van der Waals surface area contributed by atoms with E-state index >= 15 is 0 Å². The van der Waals surface area contributed by atoms with Crippen molar-refractivity contribution in [1.82, 2.24) is 0 Å². The van der Waals surface area contributed by atoms with Crippen LogP contribution in [0.2, 0.25) is 0 Å². The molecule has 0 heterocycles. The maximum atomic E-state index is 5.26. The molecule has 0 aliphatic heterocycles. The molecule has 1 aromatic carbocycles. The van der Waals surface area contributed by atoms with Crippen LogP contribution < -0.4 is 15.2 Å². The van der Waals surface area contributed by atoms with Crippen LogP contribution in [0.3, 0.4) is 0 Å². The van der Waals surface area contributed by atoms with E-state index < -0.39 is 0 Å². The van der Waals surface area contributed by atoms with Crippen LogP contribution >= 0.6 is 0 Å². The topological polar surface area (TPSA) is 9.23 Å². The largest absolute Gasteiger partial charge is 0.496 e. The predicted octanol–water partition coefficient (Wildman–Crippen LogP) is 1.77. The fourth-order valence-corrected chi connectivity index (χ4v) is 1.47. The first kappa shape index (κ1) is 10.6. The van der Waals surface area contributed by atoms with Crippen molar-refractivity contribution in [1.29, 1.82) is 0 Å². The van der Waals surface area contributed by atoms with E-state index in [4.69, 9.17) is 4.74 Å². The highest BCUT2D eigenvalue weighted by Gasteiger charge is 1.96. The lowest BCUT2D eigenvalue weighted by Gasteiger charge is -2.03. The quantitative estimate of drug-likeness (QED) is 0.687. The molecule has 0 N–H and O–H groups in total. The van der Waals surface area contributed by atoms with Gasteiger partial charge in [0, 0.05) is 0 Å². The Morgan fingerprint density at radius 2 is 2.00 bits per heavy atom. The lowest BCUT2D eigenvalue weighted by molar-refractivity contribution is 0.411. The van der Waals surface area contributed by atoms with Crippen molar-refractivity contribution < 1.29 is 4.74 Å². The minimum Gasteiger partial charge on any atom is -0.496 e. The molecule has 0 aromatic heterocycles. The minimum atomic E-state index is 0.930. The predicted molar refractivity (Wildman–Crippen MR) is 61.8 cm³/mol. The Hall–Kier alpha value is -1.50. The van der Waals surface area contributed by atoms with E-state index in [1.54, 1.807) is 13.2 Å². The summed E-state index contributed by atoms with van der Waals surface area (Å²) in [4.78, 5) is 0. The Labute approximate surface area is 85.0 Å². The number of methoxy groups -OCH3 is 1. The lowest BCUT2D eigenvalue weighted by atomic mass is 10.1.